The third-order valence-corrected chi connectivity index (χ3v) is 4.40. The van der Waals surface area contributed by atoms with Crippen molar-refractivity contribution >= 4 is 5.82 Å². The number of nitrogens with zero attached hydrogens (tertiary/aromatic N) is 2. The molecule has 3 N–H and O–H groups in total. The second-order valence-electron chi connectivity index (χ2n) is 6.91. The number of hydrogen-bond donors (Lipinski definition) is 2. The molecule has 1 aliphatic rings. The van der Waals surface area contributed by atoms with E-state index in [9.17, 15) is 4.39 Å². The molecule has 0 saturated carbocycles. The van der Waals surface area contributed by atoms with Gasteiger partial charge in [-0.2, -0.15) is 4.39 Å². The van der Waals surface area contributed by atoms with Gasteiger partial charge in [-0.3, -0.25) is 0 Å². The molecule has 28 heavy (non-hydrogen) atoms. The third-order valence-electron chi connectivity index (χ3n) is 4.40. The molecule has 0 unspecified atom stereocenters. The second kappa shape index (κ2) is 10.4. The Morgan fingerprint density at radius 1 is 1.14 bits per heavy atom. The zero-order chi connectivity index (χ0) is 19.8. The van der Waals surface area contributed by atoms with Crippen LogP contribution >= 0.6 is 0 Å². The molecular formula is C20H27FN4O3. The Morgan fingerprint density at radius 2 is 2.00 bits per heavy atom. The van der Waals surface area contributed by atoms with Gasteiger partial charge in [0.05, 0.1) is 50.5 Å². The lowest BCUT2D eigenvalue weighted by atomic mass is 10.2. The van der Waals surface area contributed by atoms with Gasteiger partial charge in [0.25, 0.3) is 0 Å². The summed E-state index contributed by atoms with van der Waals surface area (Å²) in [6, 6.07) is 8.74. The van der Waals surface area contributed by atoms with Crippen LogP contribution in [0.25, 0.3) is 0 Å². The zero-order valence-corrected chi connectivity index (χ0v) is 16.1. The lowest BCUT2D eigenvalue weighted by Gasteiger charge is -2.13. The summed E-state index contributed by atoms with van der Waals surface area (Å²) in [6.07, 6.45) is 1.02. The largest absolute Gasteiger partial charge is 0.384 e. The van der Waals surface area contributed by atoms with Crippen LogP contribution in [0.3, 0.4) is 0 Å². The summed E-state index contributed by atoms with van der Waals surface area (Å²) in [5.41, 5.74) is 8.27. The minimum atomic E-state index is -0.497. The fourth-order valence-corrected chi connectivity index (χ4v) is 3.13. The number of halogens is 1. The van der Waals surface area contributed by atoms with Gasteiger partial charge in [0.2, 0.25) is 5.95 Å². The summed E-state index contributed by atoms with van der Waals surface area (Å²) in [5.74, 6) is 0.0212. The van der Waals surface area contributed by atoms with E-state index in [0.29, 0.717) is 37.9 Å². The molecule has 8 heteroatoms. The number of rotatable bonds is 10. The van der Waals surface area contributed by atoms with Crippen molar-refractivity contribution in [2.24, 2.45) is 0 Å². The number of anilines is 1. The van der Waals surface area contributed by atoms with E-state index in [1.54, 1.807) is 12.1 Å². The fraction of sp³-hybridized carbons (Fsp3) is 0.500. The molecule has 0 radical (unpaired) electrons. The van der Waals surface area contributed by atoms with E-state index in [4.69, 9.17) is 19.9 Å². The van der Waals surface area contributed by atoms with Gasteiger partial charge in [-0.25, -0.2) is 9.97 Å². The van der Waals surface area contributed by atoms with Crippen molar-refractivity contribution in [1.82, 2.24) is 15.3 Å². The maximum Gasteiger partial charge on any atom is 0.213 e. The van der Waals surface area contributed by atoms with Gasteiger partial charge in [-0.05, 0) is 43.2 Å². The molecule has 1 aliphatic heterocycles. The summed E-state index contributed by atoms with van der Waals surface area (Å²) in [6.45, 7) is 5.01. The van der Waals surface area contributed by atoms with E-state index >= 15 is 0 Å². The average molecular weight is 390 g/mol. The van der Waals surface area contributed by atoms with Crippen LogP contribution < -0.4 is 11.1 Å². The molecule has 1 saturated heterocycles. The minimum Gasteiger partial charge on any atom is -0.384 e. The first-order valence-electron chi connectivity index (χ1n) is 9.43. The van der Waals surface area contributed by atoms with Crippen molar-refractivity contribution in [1.29, 1.82) is 0 Å². The molecule has 1 fully saturated rings. The van der Waals surface area contributed by atoms with Gasteiger partial charge >= 0.3 is 0 Å². The highest BCUT2D eigenvalue weighted by Gasteiger charge is 2.24. The third kappa shape index (κ3) is 6.79. The van der Waals surface area contributed by atoms with Gasteiger partial charge in [-0.15, -0.1) is 0 Å². The standard InChI is InChI=1S/C20H27FN4O3/c1-14-7-17(25-20(22)8-14)13-28-18-9-16(23-10-18)12-27-6-5-26-11-15-3-2-4-19(21)24-15/h2-4,7-8,16,18,23H,5-6,9-13H2,1H3,(H2,22,25)/t16-,18+/m0/s1. The van der Waals surface area contributed by atoms with E-state index in [1.807, 2.05) is 19.1 Å². The smallest absolute Gasteiger partial charge is 0.213 e. The fourth-order valence-electron chi connectivity index (χ4n) is 3.13. The highest BCUT2D eigenvalue weighted by Crippen LogP contribution is 2.14. The molecule has 0 spiro atoms. The molecule has 3 heterocycles. The molecule has 152 valence electrons. The van der Waals surface area contributed by atoms with Crippen LogP contribution in [0.2, 0.25) is 0 Å². The molecule has 2 aromatic heterocycles. The number of hydrogen-bond acceptors (Lipinski definition) is 7. The van der Waals surface area contributed by atoms with E-state index < -0.39 is 5.95 Å². The van der Waals surface area contributed by atoms with Crippen molar-refractivity contribution in [3.63, 3.8) is 0 Å². The van der Waals surface area contributed by atoms with Crippen LogP contribution in [0.4, 0.5) is 10.2 Å². The summed E-state index contributed by atoms with van der Waals surface area (Å²) in [4.78, 5) is 8.03. The van der Waals surface area contributed by atoms with Crippen LogP contribution in [0, 0.1) is 12.9 Å². The molecule has 0 aromatic carbocycles. The quantitative estimate of drug-likeness (QED) is 0.473. The molecule has 3 rings (SSSR count). The molecule has 2 aromatic rings. The average Bonchev–Trinajstić information content (AvgIpc) is 3.10. The van der Waals surface area contributed by atoms with Crippen molar-refractivity contribution in [3.05, 3.63) is 53.2 Å². The first-order valence-corrected chi connectivity index (χ1v) is 9.43. The molecule has 0 amide bonds. The highest BCUT2D eigenvalue weighted by molar-refractivity contribution is 5.33. The molecule has 7 nitrogen and oxygen atoms in total. The predicted octanol–water partition coefficient (Wildman–Crippen LogP) is 1.99. The summed E-state index contributed by atoms with van der Waals surface area (Å²) >= 11 is 0. The minimum absolute atomic E-state index is 0.132. The first-order chi connectivity index (χ1) is 13.6. The summed E-state index contributed by atoms with van der Waals surface area (Å²) in [5, 5.41) is 3.40. The van der Waals surface area contributed by atoms with Crippen LogP contribution in [0.5, 0.6) is 0 Å². The Kier molecular flexibility index (Phi) is 7.67. The molecule has 0 aliphatic carbocycles. The maximum absolute atomic E-state index is 13.0. The Hall–Kier alpha value is -2.13. The van der Waals surface area contributed by atoms with Crippen LogP contribution in [0.1, 0.15) is 23.4 Å². The van der Waals surface area contributed by atoms with E-state index in [2.05, 4.69) is 15.3 Å². The lowest BCUT2D eigenvalue weighted by Crippen LogP contribution is -2.27. The number of nitrogens with two attached hydrogens (primary N) is 1. The second-order valence-corrected chi connectivity index (χ2v) is 6.91. The number of nitrogen functional groups attached to an aromatic ring is 1. The summed E-state index contributed by atoms with van der Waals surface area (Å²) < 4.78 is 30.0. The monoisotopic (exact) mass is 390 g/mol. The van der Waals surface area contributed by atoms with E-state index in [-0.39, 0.29) is 18.8 Å². The predicted molar refractivity (Wildman–Crippen MR) is 103 cm³/mol. The Balaban J connectivity index is 1.25. The number of ether oxygens (including phenoxy) is 3. The normalized spacial score (nSPS) is 19.2. The summed E-state index contributed by atoms with van der Waals surface area (Å²) in [7, 11) is 0. The van der Waals surface area contributed by atoms with Crippen molar-refractivity contribution < 1.29 is 18.6 Å². The zero-order valence-electron chi connectivity index (χ0n) is 16.1. The van der Waals surface area contributed by atoms with Gasteiger partial charge in [0, 0.05) is 12.6 Å². The molecular weight excluding hydrogens is 363 g/mol. The van der Waals surface area contributed by atoms with Gasteiger partial charge in [0.15, 0.2) is 0 Å². The van der Waals surface area contributed by atoms with Crippen LogP contribution in [-0.4, -0.2) is 48.5 Å². The lowest BCUT2D eigenvalue weighted by molar-refractivity contribution is 0.0270. The first kappa shape index (κ1) is 20.6. The Labute approximate surface area is 164 Å². The van der Waals surface area contributed by atoms with Gasteiger partial charge in [0.1, 0.15) is 5.82 Å². The number of aryl methyl sites for hydroxylation is 1. The Bertz CT molecular complexity index is 742. The van der Waals surface area contributed by atoms with Crippen molar-refractivity contribution in [3.8, 4) is 0 Å². The van der Waals surface area contributed by atoms with E-state index in [1.165, 1.54) is 6.07 Å². The molecule has 2 atom stereocenters. The van der Waals surface area contributed by atoms with Crippen LogP contribution in [-0.2, 0) is 27.4 Å². The molecule has 0 bridgehead atoms. The Morgan fingerprint density at radius 3 is 2.82 bits per heavy atom. The number of nitrogens with one attached hydrogen (secondary N) is 1. The van der Waals surface area contributed by atoms with Crippen molar-refractivity contribution in [2.75, 3.05) is 32.1 Å². The van der Waals surface area contributed by atoms with Crippen molar-refractivity contribution in [2.45, 2.75) is 38.7 Å². The number of pyridine rings is 2. The van der Waals surface area contributed by atoms with Gasteiger partial charge in [-0.1, -0.05) is 6.07 Å². The number of aromatic nitrogens is 2. The highest BCUT2D eigenvalue weighted by atomic mass is 19.1. The maximum atomic E-state index is 13.0. The SMILES string of the molecule is Cc1cc(N)nc(CO[C@H]2CN[C@H](COCCOCc3cccc(F)n3)C2)c1. The van der Waals surface area contributed by atoms with Gasteiger partial charge < -0.3 is 25.3 Å². The van der Waals surface area contributed by atoms with Crippen LogP contribution in [0.15, 0.2) is 30.3 Å². The van der Waals surface area contributed by atoms with E-state index in [0.717, 1.165) is 24.2 Å². The topological polar surface area (TPSA) is 91.5 Å².